The Hall–Kier alpha value is -3.46. The lowest BCUT2D eigenvalue weighted by Gasteiger charge is -2.08. The van der Waals surface area contributed by atoms with Crippen molar-refractivity contribution in [2.75, 3.05) is 16.4 Å². The zero-order valence-electron chi connectivity index (χ0n) is 12.5. The fraction of sp³-hybridized carbons (Fsp3) is 0.0588. The second-order valence-electron chi connectivity index (χ2n) is 4.89. The number of hydrogen-bond donors (Lipinski definition) is 4. The number of nitriles is 1. The van der Waals surface area contributed by atoms with Crippen LogP contribution in [0.1, 0.15) is 5.56 Å². The average Bonchev–Trinajstić information content (AvgIpc) is 2.52. The highest BCUT2D eigenvalue weighted by Gasteiger charge is 2.10. The molecule has 0 aliphatic rings. The summed E-state index contributed by atoms with van der Waals surface area (Å²) in [5.41, 5.74) is 8.08. The molecular weight excluding hydrogens is 292 g/mol. The van der Waals surface area contributed by atoms with Gasteiger partial charge in [-0.3, -0.25) is 4.79 Å². The van der Waals surface area contributed by atoms with Gasteiger partial charge in [0.15, 0.2) is 0 Å². The van der Waals surface area contributed by atoms with Crippen LogP contribution in [0.15, 0.2) is 54.2 Å². The molecule has 5 N–H and O–H groups in total. The molecule has 2 aromatic carbocycles. The lowest BCUT2D eigenvalue weighted by atomic mass is 10.2. The van der Waals surface area contributed by atoms with Crippen LogP contribution in [0.4, 0.5) is 17.1 Å². The van der Waals surface area contributed by atoms with E-state index in [4.69, 9.17) is 11.0 Å². The molecule has 0 aliphatic carbocycles. The molecule has 0 atom stereocenters. The summed E-state index contributed by atoms with van der Waals surface area (Å²) in [5, 5.41) is 24.0. The third kappa shape index (κ3) is 4.25. The lowest BCUT2D eigenvalue weighted by Crippen LogP contribution is -2.15. The third-order valence-corrected chi connectivity index (χ3v) is 3.12. The summed E-state index contributed by atoms with van der Waals surface area (Å²) in [6, 6.07) is 13.3. The number of phenols is 1. The molecule has 116 valence electrons. The van der Waals surface area contributed by atoms with Crippen LogP contribution in [0, 0.1) is 18.3 Å². The summed E-state index contributed by atoms with van der Waals surface area (Å²) in [6.45, 7) is 1.75. The van der Waals surface area contributed by atoms with E-state index in [1.54, 1.807) is 37.3 Å². The number of carbonyl (C=O) groups excluding carboxylic acids is 1. The van der Waals surface area contributed by atoms with E-state index < -0.39 is 5.91 Å². The van der Waals surface area contributed by atoms with Gasteiger partial charge in [-0.25, -0.2) is 0 Å². The van der Waals surface area contributed by atoms with Gasteiger partial charge in [0.2, 0.25) is 0 Å². The first-order valence-electron chi connectivity index (χ1n) is 6.83. The van der Waals surface area contributed by atoms with E-state index in [2.05, 4.69) is 10.6 Å². The number of nitrogens with zero attached hydrogens (tertiary/aromatic N) is 1. The van der Waals surface area contributed by atoms with Crippen molar-refractivity contribution in [3.8, 4) is 11.8 Å². The second-order valence-corrected chi connectivity index (χ2v) is 4.89. The number of anilines is 3. The number of nitrogens with two attached hydrogens (primary N) is 1. The number of nitrogens with one attached hydrogen (secondary N) is 2. The number of aromatic hydroxyl groups is 1. The van der Waals surface area contributed by atoms with Crippen molar-refractivity contribution in [1.29, 1.82) is 5.26 Å². The zero-order valence-corrected chi connectivity index (χ0v) is 12.5. The fourth-order valence-electron chi connectivity index (χ4n) is 1.86. The van der Waals surface area contributed by atoms with Crippen LogP contribution in [-0.2, 0) is 4.79 Å². The first-order chi connectivity index (χ1) is 11.0. The smallest absolute Gasteiger partial charge is 0.267 e. The number of carbonyl (C=O) groups is 1. The molecule has 0 spiro atoms. The lowest BCUT2D eigenvalue weighted by molar-refractivity contribution is -0.112. The van der Waals surface area contributed by atoms with Crippen LogP contribution < -0.4 is 16.4 Å². The molecule has 0 saturated carbocycles. The number of phenolic OH excluding ortho intramolecular Hbond substituents is 1. The number of nitrogen functional groups attached to an aromatic ring is 1. The van der Waals surface area contributed by atoms with Crippen LogP contribution in [0.3, 0.4) is 0 Å². The topological polar surface area (TPSA) is 111 Å². The van der Waals surface area contributed by atoms with E-state index in [9.17, 15) is 9.90 Å². The van der Waals surface area contributed by atoms with Gasteiger partial charge in [-0.2, -0.15) is 5.26 Å². The van der Waals surface area contributed by atoms with E-state index in [0.29, 0.717) is 22.6 Å². The molecule has 6 heteroatoms. The van der Waals surface area contributed by atoms with Gasteiger partial charge < -0.3 is 21.5 Å². The van der Waals surface area contributed by atoms with Crippen molar-refractivity contribution in [2.45, 2.75) is 6.92 Å². The van der Waals surface area contributed by atoms with E-state index in [1.165, 1.54) is 18.3 Å². The van der Waals surface area contributed by atoms with Gasteiger partial charge >= 0.3 is 0 Å². The predicted octanol–water partition coefficient (Wildman–Crippen LogP) is 2.74. The summed E-state index contributed by atoms with van der Waals surface area (Å²) < 4.78 is 0. The molecule has 2 rings (SSSR count). The van der Waals surface area contributed by atoms with Gasteiger partial charge in [0.05, 0.1) is 0 Å². The van der Waals surface area contributed by atoms with Crippen LogP contribution in [0.5, 0.6) is 5.75 Å². The molecule has 0 aromatic heterocycles. The Morgan fingerprint density at radius 1 is 1.26 bits per heavy atom. The molecule has 0 bridgehead atoms. The van der Waals surface area contributed by atoms with Crippen LogP contribution in [0.2, 0.25) is 0 Å². The Kier molecular flexibility index (Phi) is 4.85. The predicted molar refractivity (Wildman–Crippen MR) is 89.6 cm³/mol. The first-order valence-corrected chi connectivity index (χ1v) is 6.83. The van der Waals surface area contributed by atoms with Gasteiger partial charge in [0.1, 0.15) is 17.4 Å². The van der Waals surface area contributed by atoms with Crippen LogP contribution in [0.25, 0.3) is 0 Å². The summed E-state index contributed by atoms with van der Waals surface area (Å²) in [7, 11) is 0. The minimum absolute atomic E-state index is 0.0747. The quantitative estimate of drug-likeness (QED) is 0.300. The molecule has 1 amide bonds. The maximum Gasteiger partial charge on any atom is 0.267 e. The summed E-state index contributed by atoms with van der Waals surface area (Å²) in [4.78, 5) is 12.1. The van der Waals surface area contributed by atoms with Crippen molar-refractivity contribution in [3.63, 3.8) is 0 Å². The fourth-order valence-corrected chi connectivity index (χ4v) is 1.86. The van der Waals surface area contributed by atoms with Crippen molar-refractivity contribution in [3.05, 3.63) is 59.8 Å². The van der Waals surface area contributed by atoms with E-state index in [-0.39, 0.29) is 11.3 Å². The summed E-state index contributed by atoms with van der Waals surface area (Å²) in [5.74, 6) is -0.425. The number of benzene rings is 2. The van der Waals surface area contributed by atoms with Crippen molar-refractivity contribution >= 4 is 23.0 Å². The van der Waals surface area contributed by atoms with Crippen molar-refractivity contribution in [1.82, 2.24) is 0 Å². The molecule has 0 radical (unpaired) electrons. The van der Waals surface area contributed by atoms with Gasteiger partial charge in [-0.1, -0.05) is 0 Å². The highest BCUT2D eigenvalue weighted by atomic mass is 16.3. The summed E-state index contributed by atoms with van der Waals surface area (Å²) >= 11 is 0. The van der Waals surface area contributed by atoms with Crippen molar-refractivity contribution < 1.29 is 9.90 Å². The van der Waals surface area contributed by atoms with Gasteiger partial charge in [0.25, 0.3) is 5.91 Å². The van der Waals surface area contributed by atoms with Crippen LogP contribution in [-0.4, -0.2) is 11.0 Å². The van der Waals surface area contributed by atoms with Gasteiger partial charge in [-0.05, 0) is 55.0 Å². The van der Waals surface area contributed by atoms with Crippen molar-refractivity contribution in [2.24, 2.45) is 0 Å². The van der Waals surface area contributed by atoms with E-state index in [1.807, 2.05) is 6.07 Å². The van der Waals surface area contributed by atoms with Gasteiger partial charge in [0, 0.05) is 23.3 Å². The normalized spacial score (nSPS) is 10.7. The Morgan fingerprint density at radius 3 is 2.57 bits per heavy atom. The Bertz CT molecular complexity index is 789. The molecule has 2 aromatic rings. The van der Waals surface area contributed by atoms with E-state index in [0.717, 1.165) is 0 Å². The largest absolute Gasteiger partial charge is 0.508 e. The second kappa shape index (κ2) is 7.00. The molecule has 6 nitrogen and oxygen atoms in total. The Balaban J connectivity index is 2.10. The molecule has 0 saturated heterocycles. The molecule has 0 aliphatic heterocycles. The third-order valence-electron chi connectivity index (χ3n) is 3.12. The SMILES string of the molecule is Cc1cc(O)ccc1NC(=O)/C(C#N)=C\Nc1ccc(N)cc1. The van der Waals surface area contributed by atoms with E-state index >= 15 is 0 Å². The monoisotopic (exact) mass is 308 g/mol. The highest BCUT2D eigenvalue weighted by Crippen LogP contribution is 2.20. The molecule has 0 heterocycles. The maximum atomic E-state index is 12.1. The molecule has 23 heavy (non-hydrogen) atoms. The van der Waals surface area contributed by atoms with Gasteiger partial charge in [-0.15, -0.1) is 0 Å². The average molecular weight is 308 g/mol. The molecule has 0 unspecified atom stereocenters. The Labute approximate surface area is 133 Å². The number of amides is 1. The highest BCUT2D eigenvalue weighted by molar-refractivity contribution is 6.07. The minimum Gasteiger partial charge on any atom is -0.508 e. The minimum atomic E-state index is -0.538. The summed E-state index contributed by atoms with van der Waals surface area (Å²) in [6.07, 6.45) is 1.33. The number of hydrogen-bond acceptors (Lipinski definition) is 5. The van der Waals surface area contributed by atoms with Crippen LogP contribution >= 0.6 is 0 Å². The zero-order chi connectivity index (χ0) is 16.8. The number of aryl methyl sites for hydroxylation is 1. The standard InChI is InChI=1S/C17H16N4O2/c1-11-8-15(22)6-7-16(11)21-17(23)12(9-18)10-20-14-4-2-13(19)3-5-14/h2-8,10,20,22H,19H2,1H3,(H,21,23)/b12-10-. The first kappa shape index (κ1) is 15.9. The maximum absolute atomic E-state index is 12.1. The number of rotatable bonds is 4. The molecular formula is C17H16N4O2. The molecule has 0 fully saturated rings. The Morgan fingerprint density at radius 2 is 1.96 bits per heavy atom.